The van der Waals surface area contributed by atoms with Crippen LogP contribution >= 0.6 is 0 Å². The van der Waals surface area contributed by atoms with E-state index in [2.05, 4.69) is 0 Å². The Morgan fingerprint density at radius 3 is 0.444 bits per heavy atom. The normalized spacial score (nSPS) is 5.33. The smallest absolute Gasteiger partial charge is 0.356 e. The molecule has 0 bridgehead atoms. The molecule has 0 atom stereocenters. The largest absolute Gasteiger partial charge is 2.00 e. The Morgan fingerprint density at radius 2 is 0.444 bits per heavy atom. The maximum Gasteiger partial charge on any atom is 2.00 e. The molecular weight excluding hydrogens is 336 g/mol. The average Bonchev–Trinajstić information content (AvgIpc) is 1.76. The molecule has 0 N–H and O–H groups in total. The number of hydrogen-bond acceptors (Lipinski definition) is 12. The van der Waals surface area contributed by atoms with E-state index < -0.39 is 20.3 Å². The van der Waals surface area contributed by atoms with Crippen molar-refractivity contribution in [3.63, 3.8) is 0 Å². The summed E-state index contributed by atoms with van der Waals surface area (Å²) in [6, 6.07) is 0. The van der Waals surface area contributed by atoms with Gasteiger partial charge in [-0.05, 0) is 0 Å². The topological polar surface area (TPSA) is 265 Å². The van der Waals surface area contributed by atoms with Gasteiger partial charge in [0.25, 0.3) is 0 Å². The van der Waals surface area contributed by atoms with Gasteiger partial charge in [-0.25, -0.2) is 0 Å². The van der Waals surface area contributed by atoms with Crippen LogP contribution in [0.15, 0.2) is 0 Å². The van der Waals surface area contributed by atoms with Crippen LogP contribution in [-0.4, -0.2) is 43.4 Å². The molecule has 0 aromatic heterocycles. The predicted octanol–water partition coefficient (Wildman–Crippen LogP) is -1.34. The van der Waals surface area contributed by atoms with Gasteiger partial charge in [0.2, 0.25) is 0 Å². The third-order valence-corrected chi connectivity index (χ3v) is 0. The van der Waals surface area contributed by atoms with Crippen molar-refractivity contribution in [1.82, 2.24) is 0 Å². The third-order valence-electron chi connectivity index (χ3n) is 0. The fourth-order valence-corrected chi connectivity index (χ4v) is 0. The molecule has 0 aliphatic carbocycles. The van der Waals surface area contributed by atoms with Crippen molar-refractivity contribution in [2.24, 2.45) is 0 Å². The van der Waals surface area contributed by atoms with Gasteiger partial charge in [0.1, 0.15) is 0 Å². The first-order valence-corrected chi connectivity index (χ1v) is 2.19. The van der Waals surface area contributed by atoms with E-state index in [4.69, 9.17) is 61.3 Å². The molecule has 18 heteroatoms. The van der Waals surface area contributed by atoms with Crippen molar-refractivity contribution < 1.29 is 37.4 Å². The molecule has 0 fully saturated rings. The van der Waals surface area contributed by atoms with Crippen molar-refractivity contribution in [1.29, 1.82) is 0 Å². The maximum atomic E-state index is 8.25. The molecule has 0 saturated carbocycles. The van der Waals surface area contributed by atoms with E-state index >= 15 is 0 Å². The van der Waals surface area contributed by atoms with E-state index in [1.54, 1.807) is 0 Å². The van der Waals surface area contributed by atoms with Gasteiger partial charge in [-0.15, -0.1) is 0 Å². The summed E-state index contributed by atoms with van der Waals surface area (Å²) in [4.78, 5) is 33.0. The molecule has 0 spiro atoms. The molecule has 105 valence electrons. The SMILES string of the molecule is O=[N+]([O-])[O-].O=[N+]([O-])[O-].O=[N+]([O-])[O-].O=[N+]([O-])[O-].[Cu+2].[Mg+2]. The van der Waals surface area contributed by atoms with Gasteiger partial charge in [-0.3, -0.25) is 0 Å². The van der Waals surface area contributed by atoms with Crippen LogP contribution in [0.3, 0.4) is 0 Å². The Hall–Kier alpha value is -1.91. The predicted molar refractivity (Wildman–Crippen MR) is 47.2 cm³/mol. The van der Waals surface area contributed by atoms with E-state index in [-0.39, 0.29) is 40.1 Å². The van der Waals surface area contributed by atoms with Gasteiger partial charge in [0, 0.05) is 0 Å². The monoisotopic (exact) mass is 335 g/mol. The molecule has 18 heavy (non-hydrogen) atoms. The standard InChI is InChI=1S/Cu.Mg.4NO3/c;;4*2-1(3)4/q2*+2;4*-1. The molecular formula is CuMgN4O12. The van der Waals surface area contributed by atoms with Gasteiger partial charge >= 0.3 is 40.1 Å². The minimum Gasteiger partial charge on any atom is -0.356 e. The first-order chi connectivity index (χ1) is 6.93. The second-order valence-corrected chi connectivity index (χ2v) is 0.894. The van der Waals surface area contributed by atoms with Crippen molar-refractivity contribution in [3.05, 3.63) is 61.3 Å². The number of nitrogens with zero attached hydrogens (tertiary/aromatic N) is 4. The molecule has 0 saturated heterocycles. The molecule has 16 nitrogen and oxygen atoms in total. The average molecular weight is 336 g/mol. The van der Waals surface area contributed by atoms with Crippen LogP contribution in [0.1, 0.15) is 0 Å². The number of rotatable bonds is 0. The van der Waals surface area contributed by atoms with E-state index in [1.165, 1.54) is 0 Å². The summed E-state index contributed by atoms with van der Waals surface area (Å²) in [6.45, 7) is 0. The van der Waals surface area contributed by atoms with Gasteiger partial charge in [-0.2, -0.15) is 0 Å². The molecule has 0 aromatic carbocycles. The summed E-state index contributed by atoms with van der Waals surface area (Å²) in [7, 11) is 0. The molecule has 1 radical (unpaired) electrons. The fraction of sp³-hybridized carbons (Fsp3) is 0. The number of hydrogen-bond donors (Lipinski definition) is 0. The van der Waals surface area contributed by atoms with Crippen molar-refractivity contribution in [2.45, 2.75) is 0 Å². The van der Waals surface area contributed by atoms with E-state index in [0.29, 0.717) is 0 Å². The van der Waals surface area contributed by atoms with Crippen LogP contribution in [0.4, 0.5) is 0 Å². The van der Waals surface area contributed by atoms with Crippen LogP contribution in [0.2, 0.25) is 0 Å². The summed E-state index contributed by atoms with van der Waals surface area (Å²) >= 11 is 0. The second kappa shape index (κ2) is 29.4. The van der Waals surface area contributed by atoms with Gasteiger partial charge < -0.3 is 61.3 Å². The molecule has 0 aliphatic rings. The summed E-state index contributed by atoms with van der Waals surface area (Å²) in [5.41, 5.74) is 0. The Bertz CT molecular complexity index is 164. The minimum atomic E-state index is -1.75. The molecule has 0 heterocycles. The Labute approximate surface area is 122 Å². The minimum absolute atomic E-state index is 0. The fourth-order valence-electron chi connectivity index (χ4n) is 0. The summed E-state index contributed by atoms with van der Waals surface area (Å²) in [6.07, 6.45) is 0. The molecule has 0 amide bonds. The zero-order valence-electron chi connectivity index (χ0n) is 7.70. The Balaban J connectivity index is -0.0000000257. The van der Waals surface area contributed by atoms with Crippen LogP contribution in [0.5, 0.6) is 0 Å². The van der Waals surface area contributed by atoms with E-state index in [9.17, 15) is 0 Å². The van der Waals surface area contributed by atoms with Gasteiger partial charge in [0.05, 0.1) is 20.3 Å². The van der Waals surface area contributed by atoms with Gasteiger partial charge in [0.15, 0.2) is 0 Å². The molecule has 0 unspecified atom stereocenters. The summed E-state index contributed by atoms with van der Waals surface area (Å²) in [5.74, 6) is 0. The zero-order valence-corrected chi connectivity index (χ0v) is 10.1. The van der Waals surface area contributed by atoms with Crippen molar-refractivity contribution in [3.8, 4) is 0 Å². The second-order valence-electron chi connectivity index (χ2n) is 0.894. The van der Waals surface area contributed by atoms with Crippen LogP contribution in [0.25, 0.3) is 0 Å². The zero-order chi connectivity index (χ0) is 14.3. The Morgan fingerprint density at radius 1 is 0.444 bits per heavy atom. The quantitative estimate of drug-likeness (QED) is 0.282. The van der Waals surface area contributed by atoms with Gasteiger partial charge in [-0.1, -0.05) is 0 Å². The molecule has 0 rings (SSSR count). The van der Waals surface area contributed by atoms with Crippen molar-refractivity contribution >= 4 is 23.1 Å². The summed E-state index contributed by atoms with van der Waals surface area (Å²) in [5, 5.41) is 59.0. The van der Waals surface area contributed by atoms with E-state index in [0.717, 1.165) is 0 Å². The maximum absolute atomic E-state index is 8.25. The Kier molecular flexibility index (Phi) is 58.8. The van der Waals surface area contributed by atoms with Crippen LogP contribution in [-0.2, 0) is 17.1 Å². The summed E-state index contributed by atoms with van der Waals surface area (Å²) < 4.78 is 0. The van der Waals surface area contributed by atoms with Crippen molar-refractivity contribution in [2.75, 3.05) is 0 Å². The molecule has 0 aliphatic heterocycles. The first-order valence-electron chi connectivity index (χ1n) is 2.19. The van der Waals surface area contributed by atoms with E-state index in [1.807, 2.05) is 0 Å². The van der Waals surface area contributed by atoms with Crippen LogP contribution < -0.4 is 0 Å². The third kappa shape index (κ3) is 658. The van der Waals surface area contributed by atoms with Crippen LogP contribution in [0, 0.1) is 61.3 Å². The first kappa shape index (κ1) is 36.0. The molecule has 0 aromatic rings.